The van der Waals surface area contributed by atoms with Gasteiger partial charge >= 0.3 is 0 Å². The topological polar surface area (TPSA) is 78.5 Å². The van der Waals surface area contributed by atoms with Crippen molar-refractivity contribution in [2.45, 2.75) is 20.3 Å². The first-order chi connectivity index (χ1) is 15.0. The molecule has 7 nitrogen and oxygen atoms in total. The molecule has 0 spiro atoms. The molecule has 2 heterocycles. The van der Waals surface area contributed by atoms with E-state index in [-0.39, 0.29) is 25.0 Å². The minimum absolute atomic E-state index is 0.178. The molecule has 0 aliphatic carbocycles. The lowest BCUT2D eigenvalue weighted by molar-refractivity contribution is 0.0992. The van der Waals surface area contributed by atoms with Gasteiger partial charge in [-0.25, -0.2) is 4.68 Å². The number of hydrogen-bond donors (Lipinski definition) is 1. The Morgan fingerprint density at radius 2 is 1.90 bits per heavy atom. The maximum atomic E-state index is 12.4. The molecule has 2 aromatic heterocycles. The second-order valence-corrected chi connectivity index (χ2v) is 7.26. The summed E-state index contributed by atoms with van der Waals surface area (Å²) >= 11 is 5.94. The molecule has 31 heavy (non-hydrogen) atoms. The van der Waals surface area contributed by atoms with Crippen molar-refractivity contribution < 1.29 is 18.7 Å². The highest BCUT2D eigenvalue weighted by Crippen LogP contribution is 2.19. The molecular formula is C23H20ClN3O4. The summed E-state index contributed by atoms with van der Waals surface area (Å²) in [5.74, 6) is 1.74. The predicted octanol–water partition coefficient (Wildman–Crippen LogP) is 5.31. The number of aromatic nitrogens is 2. The number of rotatable bonds is 8. The van der Waals surface area contributed by atoms with Crippen molar-refractivity contribution >= 4 is 23.2 Å². The van der Waals surface area contributed by atoms with Crippen LogP contribution in [0.15, 0.2) is 77.5 Å². The first-order valence-electron chi connectivity index (χ1n) is 9.55. The summed E-state index contributed by atoms with van der Waals surface area (Å²) in [7, 11) is 0. The summed E-state index contributed by atoms with van der Waals surface area (Å²) in [6.45, 7) is 2.40. The quantitative estimate of drug-likeness (QED) is 0.404. The molecule has 2 aromatic carbocycles. The molecule has 0 saturated heterocycles. The maximum absolute atomic E-state index is 12.4. The molecule has 1 amide bonds. The van der Waals surface area contributed by atoms with Crippen LogP contribution >= 0.6 is 11.6 Å². The lowest BCUT2D eigenvalue weighted by Gasteiger charge is -2.06. The van der Waals surface area contributed by atoms with Crippen molar-refractivity contribution in [1.82, 2.24) is 9.78 Å². The van der Waals surface area contributed by atoms with Crippen LogP contribution in [0, 0.1) is 6.92 Å². The number of halogens is 1. The molecule has 0 aliphatic heterocycles. The van der Waals surface area contributed by atoms with Crippen LogP contribution in [0.4, 0.5) is 5.69 Å². The third kappa shape index (κ3) is 5.67. The van der Waals surface area contributed by atoms with Crippen molar-refractivity contribution in [1.29, 1.82) is 0 Å². The lowest BCUT2D eigenvalue weighted by atomic mass is 10.2. The molecular weight excluding hydrogens is 418 g/mol. The Morgan fingerprint density at radius 3 is 2.71 bits per heavy atom. The first kappa shape index (κ1) is 20.6. The van der Waals surface area contributed by atoms with Gasteiger partial charge in [0.25, 0.3) is 5.91 Å². The fourth-order valence-corrected chi connectivity index (χ4v) is 3.01. The number of nitrogens with zero attached hydrogens (tertiary/aromatic N) is 2. The Balaban J connectivity index is 1.29. The van der Waals surface area contributed by atoms with Gasteiger partial charge in [-0.15, -0.1) is 0 Å². The molecule has 0 atom stereocenters. The van der Waals surface area contributed by atoms with Gasteiger partial charge in [0, 0.05) is 5.02 Å². The number of amides is 1. The molecule has 8 heteroatoms. The summed E-state index contributed by atoms with van der Waals surface area (Å²) in [5, 5.41) is 7.51. The van der Waals surface area contributed by atoms with E-state index in [9.17, 15) is 4.79 Å². The highest BCUT2D eigenvalue weighted by atomic mass is 35.5. The van der Waals surface area contributed by atoms with E-state index in [0.717, 1.165) is 11.3 Å². The highest BCUT2D eigenvalue weighted by Gasteiger charge is 2.13. The number of hydrogen-bond acceptors (Lipinski definition) is 5. The van der Waals surface area contributed by atoms with Gasteiger partial charge in [0.1, 0.15) is 23.9 Å². The van der Waals surface area contributed by atoms with E-state index >= 15 is 0 Å². The van der Waals surface area contributed by atoms with Gasteiger partial charge in [0.15, 0.2) is 12.5 Å². The Hall–Kier alpha value is -3.71. The van der Waals surface area contributed by atoms with Crippen LogP contribution in [0.2, 0.25) is 5.02 Å². The average Bonchev–Trinajstić information content (AvgIpc) is 3.40. The largest absolute Gasteiger partial charge is 0.486 e. The van der Waals surface area contributed by atoms with Gasteiger partial charge in [-0.05, 0) is 55.0 Å². The SMILES string of the molecule is Cc1cccc(OCc2ccc(C(=O)Nc3cnn(COc4cccc(Cl)c4)c3)o2)c1. The zero-order valence-corrected chi connectivity index (χ0v) is 17.5. The molecule has 0 aliphatic rings. The second-order valence-electron chi connectivity index (χ2n) is 6.82. The van der Waals surface area contributed by atoms with E-state index in [2.05, 4.69) is 10.4 Å². The highest BCUT2D eigenvalue weighted by molar-refractivity contribution is 6.30. The summed E-state index contributed by atoms with van der Waals surface area (Å²) < 4.78 is 18.5. The smallest absolute Gasteiger partial charge is 0.291 e. The number of anilines is 1. The summed E-state index contributed by atoms with van der Waals surface area (Å²) in [6.07, 6.45) is 3.19. The number of nitrogens with one attached hydrogen (secondary N) is 1. The van der Waals surface area contributed by atoms with Crippen LogP contribution in [0.25, 0.3) is 0 Å². The number of ether oxygens (including phenoxy) is 2. The van der Waals surface area contributed by atoms with Crippen LogP contribution < -0.4 is 14.8 Å². The molecule has 0 unspecified atom stereocenters. The van der Waals surface area contributed by atoms with Crippen molar-refractivity contribution in [3.63, 3.8) is 0 Å². The molecule has 0 saturated carbocycles. The number of carbonyl (C=O) groups excluding carboxylic acids is 1. The number of aryl methyl sites for hydroxylation is 1. The van der Waals surface area contributed by atoms with Crippen LogP contribution in [0.5, 0.6) is 11.5 Å². The summed E-state index contributed by atoms with van der Waals surface area (Å²) in [6, 6.07) is 18.1. The van der Waals surface area contributed by atoms with Crippen LogP contribution in [-0.4, -0.2) is 15.7 Å². The zero-order valence-electron chi connectivity index (χ0n) is 16.7. The van der Waals surface area contributed by atoms with Crippen LogP contribution in [-0.2, 0) is 13.3 Å². The van der Waals surface area contributed by atoms with Gasteiger partial charge in [-0.2, -0.15) is 5.10 Å². The number of carbonyl (C=O) groups is 1. The number of benzene rings is 2. The first-order valence-corrected chi connectivity index (χ1v) is 9.93. The Labute approximate surface area is 184 Å². The fourth-order valence-electron chi connectivity index (χ4n) is 2.83. The molecule has 0 radical (unpaired) electrons. The van der Waals surface area contributed by atoms with E-state index in [4.69, 9.17) is 25.5 Å². The third-order valence-electron chi connectivity index (χ3n) is 4.31. The lowest BCUT2D eigenvalue weighted by Crippen LogP contribution is -2.10. The van der Waals surface area contributed by atoms with E-state index < -0.39 is 0 Å². The molecule has 0 bridgehead atoms. The summed E-state index contributed by atoms with van der Waals surface area (Å²) in [4.78, 5) is 12.4. The van der Waals surface area contributed by atoms with E-state index in [1.54, 1.807) is 47.3 Å². The van der Waals surface area contributed by atoms with Crippen LogP contribution in [0.1, 0.15) is 21.9 Å². The van der Waals surface area contributed by atoms with Crippen molar-refractivity contribution in [2.24, 2.45) is 0 Å². The molecule has 158 valence electrons. The minimum Gasteiger partial charge on any atom is -0.486 e. The van der Waals surface area contributed by atoms with Gasteiger partial charge < -0.3 is 19.2 Å². The standard InChI is InChI=1S/C23H20ClN3O4/c1-16-4-2-6-19(10-16)29-14-21-8-9-22(31-21)23(28)26-18-12-25-27(13-18)15-30-20-7-3-5-17(24)11-20/h2-13H,14-15H2,1H3,(H,26,28). The average molecular weight is 438 g/mol. The Bertz CT molecular complexity index is 1180. The normalized spacial score (nSPS) is 10.6. The maximum Gasteiger partial charge on any atom is 0.291 e. The zero-order chi connectivity index (χ0) is 21.6. The predicted molar refractivity (Wildman–Crippen MR) is 116 cm³/mol. The van der Waals surface area contributed by atoms with Gasteiger partial charge in [-0.3, -0.25) is 4.79 Å². The van der Waals surface area contributed by atoms with Crippen molar-refractivity contribution in [2.75, 3.05) is 5.32 Å². The van der Waals surface area contributed by atoms with E-state index in [1.165, 1.54) is 6.20 Å². The van der Waals surface area contributed by atoms with Crippen molar-refractivity contribution in [3.05, 3.63) is 95.2 Å². The van der Waals surface area contributed by atoms with Gasteiger partial charge in [0.05, 0.1) is 18.1 Å². The third-order valence-corrected chi connectivity index (χ3v) is 4.54. The van der Waals surface area contributed by atoms with Crippen LogP contribution in [0.3, 0.4) is 0 Å². The Morgan fingerprint density at radius 1 is 1.10 bits per heavy atom. The molecule has 0 fully saturated rings. The molecule has 1 N–H and O–H groups in total. The minimum atomic E-state index is -0.378. The Kier molecular flexibility index (Phi) is 6.24. The van der Waals surface area contributed by atoms with Gasteiger partial charge in [0.2, 0.25) is 0 Å². The summed E-state index contributed by atoms with van der Waals surface area (Å²) in [5.41, 5.74) is 1.63. The second kappa shape index (κ2) is 9.40. The molecule has 4 aromatic rings. The van der Waals surface area contributed by atoms with E-state index in [1.807, 2.05) is 31.2 Å². The number of furan rings is 1. The van der Waals surface area contributed by atoms with Gasteiger partial charge in [-0.1, -0.05) is 29.8 Å². The van der Waals surface area contributed by atoms with Crippen molar-refractivity contribution in [3.8, 4) is 11.5 Å². The monoisotopic (exact) mass is 437 g/mol. The van der Waals surface area contributed by atoms with E-state index in [0.29, 0.717) is 22.2 Å². The fraction of sp³-hybridized carbons (Fsp3) is 0.130. The molecule has 4 rings (SSSR count).